The third-order valence-corrected chi connectivity index (χ3v) is 9.76. The molecule has 0 fully saturated rings. The number of amides is 3. The summed E-state index contributed by atoms with van der Waals surface area (Å²) in [6.07, 6.45) is 0.374. The van der Waals surface area contributed by atoms with Gasteiger partial charge >= 0.3 is 0 Å². The minimum atomic E-state index is -1.25. The topological polar surface area (TPSA) is 152 Å². The number of carbonyl (C=O) groups excluding carboxylic acids is 6. The van der Waals surface area contributed by atoms with E-state index in [9.17, 15) is 28.8 Å². The lowest BCUT2D eigenvalue weighted by atomic mass is 9.89. The van der Waals surface area contributed by atoms with Crippen molar-refractivity contribution < 1.29 is 28.8 Å². The summed E-state index contributed by atoms with van der Waals surface area (Å²) >= 11 is 0. The average Bonchev–Trinajstić information content (AvgIpc) is 3.21. The van der Waals surface area contributed by atoms with Gasteiger partial charge in [-0.1, -0.05) is 146 Å². The Bertz CT molecular complexity index is 2090. The molecule has 9 nitrogen and oxygen atoms in total. The highest BCUT2D eigenvalue weighted by atomic mass is 16.2. The lowest BCUT2D eigenvalue weighted by Gasteiger charge is -2.22. The molecule has 0 aliphatic heterocycles. The van der Waals surface area contributed by atoms with Crippen LogP contribution in [0.4, 0.5) is 0 Å². The summed E-state index contributed by atoms with van der Waals surface area (Å²) in [6, 6.07) is 42.6. The molecular weight excluding hydrogens is 703 g/mol. The van der Waals surface area contributed by atoms with Crippen molar-refractivity contribution in [2.75, 3.05) is 0 Å². The Morgan fingerprint density at radius 2 is 0.982 bits per heavy atom. The van der Waals surface area contributed by atoms with Gasteiger partial charge in [0.2, 0.25) is 17.6 Å². The molecule has 286 valence electrons. The van der Waals surface area contributed by atoms with E-state index < -0.39 is 53.2 Å². The fourth-order valence-corrected chi connectivity index (χ4v) is 6.65. The normalized spacial score (nSPS) is 13.0. The summed E-state index contributed by atoms with van der Waals surface area (Å²) in [5.41, 5.74) is 11.1. The summed E-state index contributed by atoms with van der Waals surface area (Å²) in [7, 11) is 0. The Morgan fingerprint density at radius 3 is 1.54 bits per heavy atom. The van der Waals surface area contributed by atoms with Gasteiger partial charge in [-0.2, -0.15) is 0 Å². The van der Waals surface area contributed by atoms with E-state index in [0.29, 0.717) is 0 Å². The van der Waals surface area contributed by atoms with E-state index in [-0.39, 0.29) is 44.3 Å². The van der Waals surface area contributed by atoms with Crippen LogP contribution < -0.4 is 16.4 Å². The highest BCUT2D eigenvalue weighted by Crippen LogP contribution is 2.22. The maximum absolute atomic E-state index is 13.9. The Hall–Kier alpha value is -6.48. The van der Waals surface area contributed by atoms with E-state index >= 15 is 0 Å². The number of carbonyl (C=O) groups is 6. The van der Waals surface area contributed by atoms with Crippen LogP contribution in [0.5, 0.6) is 0 Å². The first-order valence-electron chi connectivity index (χ1n) is 18.8. The molecule has 9 heteroatoms. The molecule has 0 aliphatic rings. The van der Waals surface area contributed by atoms with Crippen molar-refractivity contribution in [3.05, 3.63) is 168 Å². The number of primary amides is 1. The smallest absolute Gasteiger partial charge is 0.290 e. The zero-order valence-corrected chi connectivity index (χ0v) is 31.4. The second-order valence-corrected chi connectivity index (χ2v) is 14.1. The van der Waals surface area contributed by atoms with Crippen LogP contribution >= 0.6 is 0 Å². The van der Waals surface area contributed by atoms with E-state index in [2.05, 4.69) is 10.6 Å². The molecule has 0 aliphatic carbocycles. The third kappa shape index (κ3) is 12.3. The van der Waals surface area contributed by atoms with Crippen LogP contribution in [0, 0.1) is 11.8 Å². The van der Waals surface area contributed by atoms with Crippen LogP contribution in [0.1, 0.15) is 42.0 Å². The number of nitrogens with two attached hydrogens (primary N) is 1. The molecule has 0 radical (unpaired) electrons. The summed E-state index contributed by atoms with van der Waals surface area (Å²) < 4.78 is 0. The van der Waals surface area contributed by atoms with E-state index in [1.165, 1.54) is 6.92 Å². The van der Waals surface area contributed by atoms with Gasteiger partial charge in [0, 0.05) is 31.1 Å². The van der Waals surface area contributed by atoms with Crippen LogP contribution in [0.2, 0.25) is 0 Å². The molecule has 0 bridgehead atoms. The summed E-state index contributed by atoms with van der Waals surface area (Å²) in [6.45, 7) is 1.39. The SMILES string of the molecule is CC(NC(=O)[C@H](CC(=O)Cc1ccccc1)Cc1ccccc1)C(=O)C(=O)N[C@@H](Cc1ccccc1)C(=O)C[C@@H](Cc1ccc(-c2ccccc2)cc1)C(N)=O. The van der Waals surface area contributed by atoms with Crippen LogP contribution in [-0.4, -0.2) is 47.2 Å². The molecule has 4 atom stereocenters. The molecule has 56 heavy (non-hydrogen) atoms. The van der Waals surface area contributed by atoms with E-state index in [1.807, 2.05) is 121 Å². The maximum atomic E-state index is 13.9. The summed E-state index contributed by atoms with van der Waals surface area (Å²) in [5, 5.41) is 5.23. The van der Waals surface area contributed by atoms with Crippen molar-refractivity contribution in [1.82, 2.24) is 10.6 Å². The van der Waals surface area contributed by atoms with Crippen molar-refractivity contribution in [2.45, 2.75) is 57.5 Å². The molecule has 5 rings (SSSR count). The predicted octanol–water partition coefficient (Wildman–Crippen LogP) is 5.82. The van der Waals surface area contributed by atoms with Crippen molar-refractivity contribution in [3.63, 3.8) is 0 Å². The minimum absolute atomic E-state index is 0.0609. The molecule has 5 aromatic carbocycles. The molecule has 0 spiro atoms. The van der Waals surface area contributed by atoms with Gasteiger partial charge in [-0.15, -0.1) is 0 Å². The van der Waals surface area contributed by atoms with Crippen molar-refractivity contribution >= 4 is 35.1 Å². The number of ketones is 3. The van der Waals surface area contributed by atoms with Crippen molar-refractivity contribution in [2.24, 2.45) is 17.6 Å². The molecule has 0 saturated carbocycles. The lowest BCUT2D eigenvalue weighted by Crippen LogP contribution is -2.52. The molecular formula is C47H47N3O6. The van der Waals surface area contributed by atoms with Gasteiger partial charge in [-0.25, -0.2) is 0 Å². The van der Waals surface area contributed by atoms with Crippen LogP contribution in [0.3, 0.4) is 0 Å². The summed E-state index contributed by atoms with van der Waals surface area (Å²) in [5.74, 6) is -5.46. The maximum Gasteiger partial charge on any atom is 0.290 e. The molecule has 1 unspecified atom stereocenters. The highest BCUT2D eigenvalue weighted by molar-refractivity contribution is 6.38. The second kappa shape index (κ2) is 20.3. The Balaban J connectivity index is 1.25. The Kier molecular flexibility index (Phi) is 14.7. The first-order chi connectivity index (χ1) is 27.0. The molecule has 3 amide bonds. The number of nitrogens with one attached hydrogen (secondary N) is 2. The molecule has 0 heterocycles. The van der Waals surface area contributed by atoms with Crippen molar-refractivity contribution in [3.8, 4) is 11.1 Å². The van der Waals surface area contributed by atoms with Crippen LogP contribution in [-0.2, 0) is 54.5 Å². The number of benzene rings is 5. The van der Waals surface area contributed by atoms with Gasteiger partial charge in [-0.05, 0) is 59.6 Å². The average molecular weight is 750 g/mol. The predicted molar refractivity (Wildman–Crippen MR) is 216 cm³/mol. The molecule has 0 aromatic heterocycles. The number of hydrogen-bond acceptors (Lipinski definition) is 6. The Labute approximate surface area is 327 Å². The molecule has 5 aromatic rings. The van der Waals surface area contributed by atoms with Gasteiger partial charge < -0.3 is 16.4 Å². The number of Topliss-reactive ketones (excluding diaryl/α,β-unsaturated/α-hetero) is 3. The van der Waals surface area contributed by atoms with Gasteiger partial charge in [0.1, 0.15) is 5.78 Å². The third-order valence-electron chi connectivity index (χ3n) is 9.76. The zero-order valence-electron chi connectivity index (χ0n) is 31.4. The van der Waals surface area contributed by atoms with Gasteiger partial charge in [-0.3, -0.25) is 28.8 Å². The lowest BCUT2D eigenvalue weighted by molar-refractivity contribution is -0.141. The standard InChI is InChI=1S/C47H47N3O6/c1-32(49-46(55)40(27-33-14-6-2-7-15-33)30-41(51)28-34-16-8-3-9-17-34)44(53)47(56)50-42(29-35-18-10-4-11-19-35)43(52)31-39(45(48)54)26-36-22-24-38(25-23-36)37-20-12-5-13-21-37/h2-25,32,39-40,42H,26-31H2,1H3,(H2,48,54)(H,49,55)(H,50,56)/t32?,39-,40+,42+/m1/s1. The first-order valence-corrected chi connectivity index (χ1v) is 18.8. The van der Waals surface area contributed by atoms with Crippen LogP contribution in [0.25, 0.3) is 11.1 Å². The van der Waals surface area contributed by atoms with Crippen molar-refractivity contribution in [1.29, 1.82) is 0 Å². The highest BCUT2D eigenvalue weighted by Gasteiger charge is 2.32. The zero-order chi connectivity index (χ0) is 39.9. The van der Waals surface area contributed by atoms with Gasteiger partial charge in [0.05, 0.1) is 12.1 Å². The van der Waals surface area contributed by atoms with E-state index in [1.54, 1.807) is 24.3 Å². The number of hydrogen-bond donors (Lipinski definition) is 3. The second-order valence-electron chi connectivity index (χ2n) is 14.1. The van der Waals surface area contributed by atoms with Gasteiger partial charge in [0.15, 0.2) is 5.78 Å². The Morgan fingerprint density at radius 1 is 0.518 bits per heavy atom. The fourth-order valence-electron chi connectivity index (χ4n) is 6.65. The molecule has 4 N–H and O–H groups in total. The van der Waals surface area contributed by atoms with Crippen LogP contribution in [0.15, 0.2) is 146 Å². The fraction of sp³-hybridized carbons (Fsp3) is 0.234. The first kappa shape index (κ1) is 40.7. The van der Waals surface area contributed by atoms with E-state index in [0.717, 1.165) is 33.4 Å². The largest absolute Gasteiger partial charge is 0.369 e. The monoisotopic (exact) mass is 749 g/mol. The minimum Gasteiger partial charge on any atom is -0.369 e. The summed E-state index contributed by atoms with van der Waals surface area (Å²) in [4.78, 5) is 80.1. The quantitative estimate of drug-likeness (QED) is 0.0854. The van der Waals surface area contributed by atoms with Gasteiger partial charge in [0.25, 0.3) is 5.91 Å². The van der Waals surface area contributed by atoms with E-state index in [4.69, 9.17) is 5.73 Å². The number of rotatable bonds is 20. The molecule has 0 saturated heterocycles.